The Kier molecular flexibility index (Phi) is 44.4. The summed E-state index contributed by atoms with van der Waals surface area (Å²) in [6, 6.07) is 42.8. The second-order valence-electron chi connectivity index (χ2n) is 25.2. The van der Waals surface area contributed by atoms with E-state index in [1.165, 1.54) is 74.6 Å². The van der Waals surface area contributed by atoms with Crippen LogP contribution in [0.25, 0.3) is 46.9 Å². The van der Waals surface area contributed by atoms with Gasteiger partial charge in [0.1, 0.15) is 73.2 Å². The fourth-order valence-corrected chi connectivity index (χ4v) is 15.9. The Morgan fingerprint density at radius 1 is 0.566 bits per heavy atom. The number of thiazole rings is 4. The van der Waals surface area contributed by atoms with Crippen molar-refractivity contribution in [2.24, 2.45) is 23.7 Å². The van der Waals surface area contributed by atoms with Crippen molar-refractivity contribution < 1.29 is 153 Å². The first kappa shape index (κ1) is 101. The molecule has 2 fully saturated rings. The number of methoxy groups -OCH3 is 6. The van der Waals surface area contributed by atoms with Gasteiger partial charge in [0.2, 0.25) is 5.91 Å². The second-order valence-corrected chi connectivity index (χ2v) is 29.5. The topological polar surface area (TPSA) is 335 Å². The van der Waals surface area contributed by atoms with Gasteiger partial charge < -0.3 is 76.3 Å². The number of rotatable bonds is 16. The minimum atomic E-state index is -1.31. The van der Waals surface area contributed by atoms with Gasteiger partial charge in [-0.3, -0.25) is 24.0 Å². The molecule has 7 heterocycles. The molecule has 6 N–H and O–H groups in total. The van der Waals surface area contributed by atoms with Crippen molar-refractivity contribution in [3.63, 3.8) is 0 Å². The molecule has 0 saturated carbocycles. The number of benzene rings is 7. The van der Waals surface area contributed by atoms with E-state index < -0.39 is 30.2 Å². The molecule has 7 aromatic carbocycles. The summed E-state index contributed by atoms with van der Waals surface area (Å²) in [6.07, 6.45) is 5.59. The molecule has 24 nitrogen and oxygen atoms in total. The van der Waals surface area contributed by atoms with Gasteiger partial charge in [0.05, 0.1) is 102 Å². The van der Waals surface area contributed by atoms with Crippen LogP contribution < -0.4 is 38.5 Å². The Morgan fingerprint density at radius 2 is 1.01 bits per heavy atom. The number of phenolic OH excluding ortho intramolecular Hbond substituents is 2. The van der Waals surface area contributed by atoms with Crippen molar-refractivity contribution in [2.45, 2.75) is 93.9 Å². The summed E-state index contributed by atoms with van der Waals surface area (Å²) in [6.45, 7) is 13.0. The number of phenols is 2. The van der Waals surface area contributed by atoms with Gasteiger partial charge in [0.15, 0.2) is 11.3 Å². The van der Waals surface area contributed by atoms with E-state index in [0.717, 1.165) is 100 Å². The SMILES string of the molecule is C.C.C.COc1cc(O)c(C(CC(=O)N2C[C@H](C)C[C@H](C)C2)c2nc3ccccc3s2)c(OC)c1.COc1cc(O)cc(OC)c1.COc1cc(OC)c2c(c1)OC(=O)CC2c1nc2ccccc2s1.C[C@@H]1CNC[C@H](C)C1.O=C(O)/C=C/c1nc2ccccc2s1.O=C(O)CC(=O)O.O=Cc1nc2ccccc2s1.[CH3-].[Y].[Y]. The number of nitrogens with one attached hydrogen (secondary N) is 1. The van der Waals surface area contributed by atoms with Gasteiger partial charge in [0, 0.05) is 145 Å². The number of carboxylic acid groups (broad SMARTS) is 3. The number of carbonyl (C=O) groups excluding carboxylic acids is 3. The van der Waals surface area contributed by atoms with Crippen LogP contribution in [0.15, 0.2) is 146 Å². The van der Waals surface area contributed by atoms with Crippen LogP contribution in [0.4, 0.5) is 0 Å². The van der Waals surface area contributed by atoms with E-state index in [-0.39, 0.29) is 137 Å². The van der Waals surface area contributed by atoms with Crippen molar-refractivity contribution in [1.82, 2.24) is 30.2 Å². The molecule has 602 valence electrons. The third-order valence-electron chi connectivity index (χ3n) is 16.7. The average molecular weight is 1780 g/mol. The molecule has 0 aliphatic carbocycles. The predicted octanol–water partition coefficient (Wildman–Crippen LogP) is 17.9. The van der Waals surface area contributed by atoms with Crippen molar-refractivity contribution >= 4 is 128 Å². The molecule has 11 aromatic rings. The summed E-state index contributed by atoms with van der Waals surface area (Å²) in [5, 5.41) is 50.2. The molecule has 2 saturated heterocycles. The third-order valence-corrected chi connectivity index (χ3v) is 21.0. The first-order valence-electron chi connectivity index (χ1n) is 34.0. The summed E-state index contributed by atoms with van der Waals surface area (Å²) < 4.78 is 41.2. The summed E-state index contributed by atoms with van der Waals surface area (Å²) in [4.78, 5) is 84.8. The summed E-state index contributed by atoms with van der Waals surface area (Å²) in [7, 11) is 9.34. The van der Waals surface area contributed by atoms with Crippen LogP contribution in [-0.4, -0.2) is 155 Å². The van der Waals surface area contributed by atoms with Crippen molar-refractivity contribution in [3.05, 3.63) is 184 Å². The van der Waals surface area contributed by atoms with Gasteiger partial charge in [-0.05, 0) is 104 Å². The molecule has 2 radical (unpaired) electrons. The number of para-hydroxylation sites is 4. The quantitative estimate of drug-likeness (QED) is 0.0131. The van der Waals surface area contributed by atoms with Crippen LogP contribution in [0, 0.1) is 31.1 Å². The molecule has 2 unspecified atom stereocenters. The monoisotopic (exact) mass is 1780 g/mol. The van der Waals surface area contributed by atoms with Crippen LogP contribution in [0.2, 0.25) is 0 Å². The number of aromatic nitrogens is 4. The number of hydrogen-bond acceptors (Lipinski definition) is 24. The van der Waals surface area contributed by atoms with Crippen LogP contribution in [0.3, 0.4) is 0 Å². The van der Waals surface area contributed by atoms with Crippen LogP contribution in [0.5, 0.6) is 51.7 Å². The van der Waals surface area contributed by atoms with E-state index in [1.54, 1.807) is 81.4 Å². The maximum Gasteiger partial charge on any atom is 0.328 e. The number of aldehydes is 1. The van der Waals surface area contributed by atoms with Crippen LogP contribution in [-0.2, 0) is 89.4 Å². The molecular formula is C83H101N6O18S4Y2-. The van der Waals surface area contributed by atoms with Gasteiger partial charge in [-0.15, -0.1) is 45.3 Å². The maximum absolute atomic E-state index is 13.5. The molecule has 1 amide bonds. The van der Waals surface area contributed by atoms with E-state index in [9.17, 15) is 33.9 Å². The number of likely N-dealkylation sites (tertiary alicyclic amines) is 1. The van der Waals surface area contributed by atoms with Gasteiger partial charge in [-0.1, -0.05) is 98.5 Å². The van der Waals surface area contributed by atoms with Crippen molar-refractivity contribution in [2.75, 3.05) is 68.8 Å². The van der Waals surface area contributed by atoms with Crippen LogP contribution in [0.1, 0.15) is 130 Å². The Bertz CT molecular complexity index is 4690. The first-order chi connectivity index (χ1) is 51.4. The molecule has 4 aromatic heterocycles. The number of fused-ring (bicyclic) bond motifs is 5. The predicted molar refractivity (Wildman–Crippen MR) is 443 cm³/mol. The van der Waals surface area contributed by atoms with Gasteiger partial charge in [-0.25, -0.2) is 24.7 Å². The fraction of sp³-hybridized carbons (Fsp3) is 0.337. The van der Waals surface area contributed by atoms with Crippen molar-refractivity contribution in [1.29, 1.82) is 0 Å². The number of hydrogen-bond donors (Lipinski definition) is 6. The number of aliphatic carboxylic acids is 3. The molecule has 30 heteroatoms. The van der Waals surface area contributed by atoms with Crippen molar-refractivity contribution in [3.8, 4) is 51.7 Å². The van der Waals surface area contributed by atoms with E-state index >= 15 is 0 Å². The average Bonchev–Trinajstić information content (AvgIpc) is 1.75. The van der Waals surface area contributed by atoms with E-state index in [4.69, 9.17) is 63.6 Å². The van der Waals surface area contributed by atoms with Gasteiger partial charge in [0.25, 0.3) is 0 Å². The first-order valence-corrected chi connectivity index (χ1v) is 37.2. The number of piperidine rings is 2. The van der Waals surface area contributed by atoms with E-state index in [1.807, 2.05) is 102 Å². The Hall–Kier alpha value is -8.57. The summed E-state index contributed by atoms with van der Waals surface area (Å²) in [5.41, 5.74) is 5.04. The zero-order valence-electron chi connectivity index (χ0n) is 62.9. The number of nitrogens with zero attached hydrogens (tertiary/aromatic N) is 5. The summed E-state index contributed by atoms with van der Waals surface area (Å²) in [5.74, 6) is 2.41. The molecule has 3 aliphatic heterocycles. The van der Waals surface area contributed by atoms with Gasteiger partial charge >= 0.3 is 23.9 Å². The van der Waals surface area contributed by atoms with E-state index in [0.29, 0.717) is 67.7 Å². The Balaban J connectivity index is 0.000000473. The third kappa shape index (κ3) is 30.0. The van der Waals surface area contributed by atoms with Crippen LogP contribution >= 0.6 is 45.3 Å². The number of aromatic hydroxyl groups is 2. The number of carbonyl (C=O) groups is 6. The molecule has 0 bridgehead atoms. The maximum atomic E-state index is 13.5. The normalized spacial score (nSPS) is 15.7. The molecule has 6 atom stereocenters. The molecule has 14 rings (SSSR count). The number of esters is 1. The molecule has 0 spiro atoms. The van der Waals surface area contributed by atoms with E-state index in [2.05, 4.69) is 43.0 Å². The number of ether oxygens (including phenoxy) is 7. The smallest absolute Gasteiger partial charge is 0.328 e. The second kappa shape index (κ2) is 49.9. The largest absolute Gasteiger partial charge is 0.508 e. The number of amides is 1. The zero-order chi connectivity index (χ0) is 77.3. The summed E-state index contributed by atoms with van der Waals surface area (Å²) >= 11 is 6.04. The Labute approximate surface area is 727 Å². The Morgan fingerprint density at radius 3 is 1.45 bits per heavy atom. The molecular weight excluding hydrogens is 1680 g/mol. The zero-order valence-corrected chi connectivity index (χ0v) is 71.8. The van der Waals surface area contributed by atoms with Gasteiger partial charge in [-0.2, -0.15) is 0 Å². The standard InChI is InChI=1S/C25H30N2O4S.C18H15NO4S.C10H7NO2S.C8H5NOS.C8H10O3.C7H15N.C3H4O4.3CH4.CH3.2Y/c1-15-9-16(2)14-27(13-15)23(29)12-18(25-26-19-7-5-6-8-22(19)32-25)24-20(28)10-17(30-3)11-21(24)31-4;1-21-10-7-13(22-2)17-11(9-16(20)23-14(17)8-10)18-19-12-5-3-4-6-15(12)24-18;12-10(13)6-5-9-11-7-3-1-2-4-8(7)14-9;10-5-8-9-6-3-1-2-4-7(6)11-8;1-10-7-3-6(9)4-8(5-7)11-2;1-6-3-7(2)5-8-4-6;4-2(5)1-3(6)7;;;;;;/h5-8,10-11,15-16,18,28H,9,12-14H2,1-4H3;3-8,11H,9H2,1-2H3;1-6H,(H,12,13);1-5H;3-5,9H,1-2H3;6-8H,3-5H2,1-2H3;1H2,(H,4,5)(H,6,7);3*1H4;1H3;;/q;;;;;;;;;;-1;;/b;;6-5+;;;;;;;;;;/t15-,16+,18?;;;;;6-,7+;;;;;;;. The fourth-order valence-electron chi connectivity index (χ4n) is 12.1. The minimum Gasteiger partial charge on any atom is -0.508 e. The molecule has 113 heavy (non-hydrogen) atoms. The number of carboxylic acids is 3. The minimum absolute atomic E-state index is 0. The molecule has 3 aliphatic rings.